The number of nitrogens with one attached hydrogen (secondary N) is 1. The van der Waals surface area contributed by atoms with Crippen molar-refractivity contribution in [3.63, 3.8) is 0 Å². The van der Waals surface area contributed by atoms with Crippen LogP contribution in [-0.2, 0) is 5.41 Å². The Hall–Kier alpha value is -4.66. The third-order valence-corrected chi connectivity index (χ3v) is 11.1. The molecule has 1 N–H and O–H groups in total. The SMILES string of the molecule is Cc1cc(C)c(C2(c3c(C)cc(C)cc3C)c3ccccc3-c3ccc(Nc4cccc5c4sc4ccccc45)cc32)c(C)c1. The fourth-order valence-electron chi connectivity index (χ4n) is 8.57. The van der Waals surface area contributed by atoms with Crippen LogP contribution in [0.4, 0.5) is 11.4 Å². The lowest BCUT2D eigenvalue weighted by Gasteiger charge is -2.39. The van der Waals surface area contributed by atoms with Gasteiger partial charge in [0.2, 0.25) is 0 Å². The molecule has 0 fully saturated rings. The van der Waals surface area contributed by atoms with E-state index in [0.717, 1.165) is 11.4 Å². The van der Waals surface area contributed by atoms with Crippen molar-refractivity contribution >= 4 is 42.9 Å². The number of anilines is 2. The van der Waals surface area contributed by atoms with Gasteiger partial charge < -0.3 is 5.32 Å². The monoisotopic (exact) mass is 599 g/mol. The van der Waals surface area contributed by atoms with Gasteiger partial charge in [-0.2, -0.15) is 0 Å². The molecule has 8 rings (SSSR count). The van der Waals surface area contributed by atoms with Crippen molar-refractivity contribution in [2.75, 3.05) is 5.32 Å². The van der Waals surface area contributed by atoms with Crippen molar-refractivity contribution in [3.8, 4) is 11.1 Å². The van der Waals surface area contributed by atoms with Crippen LogP contribution in [0.1, 0.15) is 55.6 Å². The predicted molar refractivity (Wildman–Crippen MR) is 195 cm³/mol. The molecule has 220 valence electrons. The molecule has 0 unspecified atom stereocenters. The molecular weight excluding hydrogens is 563 g/mol. The first kappa shape index (κ1) is 27.9. The van der Waals surface area contributed by atoms with Crippen molar-refractivity contribution in [1.82, 2.24) is 0 Å². The predicted octanol–water partition coefficient (Wildman–Crippen LogP) is 12.0. The van der Waals surface area contributed by atoms with E-state index in [2.05, 4.69) is 156 Å². The second kappa shape index (κ2) is 10.2. The van der Waals surface area contributed by atoms with E-state index >= 15 is 0 Å². The van der Waals surface area contributed by atoms with E-state index in [1.54, 1.807) is 0 Å². The molecule has 0 spiro atoms. The summed E-state index contributed by atoms with van der Waals surface area (Å²) in [6, 6.07) is 41.0. The van der Waals surface area contributed by atoms with Gasteiger partial charge in [-0.3, -0.25) is 0 Å². The van der Waals surface area contributed by atoms with Crippen molar-refractivity contribution in [2.45, 2.75) is 47.0 Å². The number of benzene rings is 6. The van der Waals surface area contributed by atoms with E-state index in [-0.39, 0.29) is 0 Å². The standard InChI is InChI=1S/C43H37NS/c1-25-20-27(3)40(28(4)21-25)43(41-29(5)22-26(2)23-30(41)6)36-15-9-7-12-32(36)33-19-18-31(24-37(33)43)44-38-16-11-14-35-34-13-8-10-17-39(34)45-42(35)38/h7-24,44H,1-6H3. The van der Waals surface area contributed by atoms with Crippen LogP contribution in [0.15, 0.2) is 109 Å². The maximum absolute atomic E-state index is 3.89. The summed E-state index contributed by atoms with van der Waals surface area (Å²) in [5.74, 6) is 0. The van der Waals surface area contributed by atoms with Crippen LogP contribution >= 0.6 is 11.3 Å². The average Bonchev–Trinajstić information content (AvgIpc) is 3.51. The zero-order valence-corrected chi connectivity index (χ0v) is 27.6. The van der Waals surface area contributed by atoms with E-state index in [9.17, 15) is 0 Å². The first-order chi connectivity index (χ1) is 21.8. The number of fused-ring (bicyclic) bond motifs is 6. The Bertz CT molecular complexity index is 2210. The zero-order chi connectivity index (χ0) is 31.0. The summed E-state index contributed by atoms with van der Waals surface area (Å²) in [5, 5.41) is 6.52. The second-order valence-electron chi connectivity index (χ2n) is 13.0. The zero-order valence-electron chi connectivity index (χ0n) is 26.8. The van der Waals surface area contributed by atoms with Gasteiger partial charge in [0, 0.05) is 21.2 Å². The Labute approximate surface area is 270 Å². The van der Waals surface area contributed by atoms with E-state index in [4.69, 9.17) is 0 Å². The largest absolute Gasteiger partial charge is 0.354 e. The van der Waals surface area contributed by atoms with Crippen LogP contribution < -0.4 is 5.32 Å². The maximum Gasteiger partial charge on any atom is 0.0724 e. The summed E-state index contributed by atoms with van der Waals surface area (Å²) in [6.07, 6.45) is 0. The highest BCUT2D eigenvalue weighted by Crippen LogP contribution is 2.59. The first-order valence-corrected chi connectivity index (χ1v) is 16.7. The van der Waals surface area contributed by atoms with E-state index in [1.165, 1.54) is 86.9 Å². The molecular formula is C43H37NS. The van der Waals surface area contributed by atoms with Crippen molar-refractivity contribution in [2.24, 2.45) is 0 Å². The van der Waals surface area contributed by atoms with Gasteiger partial charge in [-0.25, -0.2) is 0 Å². The van der Waals surface area contributed by atoms with Crippen LogP contribution in [-0.4, -0.2) is 0 Å². The number of aryl methyl sites for hydroxylation is 6. The summed E-state index contributed by atoms with van der Waals surface area (Å²) in [4.78, 5) is 0. The summed E-state index contributed by atoms with van der Waals surface area (Å²) in [6.45, 7) is 13.7. The minimum Gasteiger partial charge on any atom is -0.354 e. The number of hydrogen-bond donors (Lipinski definition) is 1. The first-order valence-electron chi connectivity index (χ1n) is 15.9. The topological polar surface area (TPSA) is 12.0 Å². The summed E-state index contributed by atoms with van der Waals surface area (Å²) in [5.41, 5.74) is 17.9. The smallest absolute Gasteiger partial charge is 0.0724 e. The van der Waals surface area contributed by atoms with Gasteiger partial charge in [0.15, 0.2) is 0 Å². The summed E-state index contributed by atoms with van der Waals surface area (Å²) in [7, 11) is 0. The number of rotatable bonds is 4. The van der Waals surface area contributed by atoms with Crippen LogP contribution in [0.5, 0.6) is 0 Å². The van der Waals surface area contributed by atoms with Crippen LogP contribution in [0.25, 0.3) is 31.3 Å². The minimum atomic E-state index is -0.447. The highest BCUT2D eigenvalue weighted by atomic mass is 32.1. The lowest BCUT2D eigenvalue weighted by molar-refractivity contribution is 0.739. The minimum absolute atomic E-state index is 0.447. The van der Waals surface area contributed by atoms with Crippen molar-refractivity contribution in [3.05, 3.63) is 165 Å². The van der Waals surface area contributed by atoms with Crippen molar-refractivity contribution < 1.29 is 0 Å². The molecule has 0 amide bonds. The highest BCUT2D eigenvalue weighted by Gasteiger charge is 2.49. The molecule has 1 aromatic heterocycles. The molecule has 2 heteroatoms. The van der Waals surface area contributed by atoms with Crippen LogP contribution in [0.3, 0.4) is 0 Å². The summed E-state index contributed by atoms with van der Waals surface area (Å²) >= 11 is 1.86. The molecule has 6 aromatic carbocycles. The Balaban J connectivity index is 1.43. The lowest BCUT2D eigenvalue weighted by atomic mass is 9.63. The molecule has 1 aliphatic rings. The number of thiophene rings is 1. The van der Waals surface area contributed by atoms with Gasteiger partial charge in [0.1, 0.15) is 0 Å². The van der Waals surface area contributed by atoms with E-state index in [1.807, 2.05) is 11.3 Å². The van der Waals surface area contributed by atoms with Crippen molar-refractivity contribution in [1.29, 1.82) is 0 Å². The Morgan fingerprint density at radius 2 is 1.09 bits per heavy atom. The Kier molecular flexibility index (Phi) is 6.31. The van der Waals surface area contributed by atoms with Gasteiger partial charge in [-0.1, -0.05) is 96.1 Å². The Morgan fingerprint density at radius 3 is 1.78 bits per heavy atom. The van der Waals surface area contributed by atoms with E-state index < -0.39 is 5.41 Å². The third kappa shape index (κ3) is 4.05. The van der Waals surface area contributed by atoms with Gasteiger partial charge in [-0.05, 0) is 121 Å². The quantitative estimate of drug-likeness (QED) is 0.212. The molecule has 0 saturated heterocycles. The molecule has 0 bridgehead atoms. The van der Waals surface area contributed by atoms with Crippen LogP contribution in [0, 0.1) is 41.5 Å². The fraction of sp³-hybridized carbons (Fsp3) is 0.163. The maximum atomic E-state index is 3.89. The van der Waals surface area contributed by atoms with E-state index in [0.29, 0.717) is 0 Å². The van der Waals surface area contributed by atoms with Gasteiger partial charge >= 0.3 is 0 Å². The molecule has 0 atom stereocenters. The lowest BCUT2D eigenvalue weighted by Crippen LogP contribution is -2.32. The molecule has 7 aromatic rings. The van der Waals surface area contributed by atoms with Crippen LogP contribution in [0.2, 0.25) is 0 Å². The molecule has 45 heavy (non-hydrogen) atoms. The van der Waals surface area contributed by atoms with Gasteiger partial charge in [0.05, 0.1) is 15.8 Å². The Morgan fingerprint density at radius 1 is 0.511 bits per heavy atom. The molecule has 0 aliphatic heterocycles. The second-order valence-corrected chi connectivity index (χ2v) is 14.1. The average molecular weight is 600 g/mol. The molecule has 1 heterocycles. The molecule has 1 aliphatic carbocycles. The summed E-state index contributed by atoms with van der Waals surface area (Å²) < 4.78 is 2.62. The normalized spacial score (nSPS) is 13.3. The molecule has 0 saturated carbocycles. The molecule has 0 radical (unpaired) electrons. The highest BCUT2D eigenvalue weighted by molar-refractivity contribution is 7.26. The van der Waals surface area contributed by atoms with Gasteiger partial charge in [-0.15, -0.1) is 11.3 Å². The third-order valence-electron chi connectivity index (χ3n) is 9.83. The van der Waals surface area contributed by atoms with Gasteiger partial charge in [0.25, 0.3) is 0 Å². The molecule has 1 nitrogen and oxygen atoms in total. The number of hydrogen-bond acceptors (Lipinski definition) is 2. The fourth-order valence-corrected chi connectivity index (χ4v) is 9.74.